The molecule has 0 saturated heterocycles. The largest absolute Gasteiger partial charge is 0.466 e. The number of nitrogens with one attached hydrogen (secondary N) is 1. The summed E-state index contributed by atoms with van der Waals surface area (Å²) in [5.74, 6) is -0.00226. The topological polar surface area (TPSA) is 95.9 Å². The van der Waals surface area contributed by atoms with Gasteiger partial charge in [-0.05, 0) is 25.7 Å². The second-order valence-electron chi connectivity index (χ2n) is 28.1. The third-order valence-electron chi connectivity index (χ3n) is 19.4. The minimum absolute atomic E-state index is 0.0236. The summed E-state index contributed by atoms with van der Waals surface area (Å²) in [5.41, 5.74) is 0. The maximum absolute atomic E-state index is 12.6. The van der Waals surface area contributed by atoms with Crippen molar-refractivity contribution in [3.8, 4) is 0 Å². The number of hydrogen-bond acceptors (Lipinski definition) is 5. The molecule has 0 bridgehead atoms. The van der Waals surface area contributed by atoms with E-state index in [0.717, 1.165) is 38.5 Å². The minimum Gasteiger partial charge on any atom is -0.466 e. The van der Waals surface area contributed by atoms with E-state index in [9.17, 15) is 19.8 Å². The van der Waals surface area contributed by atoms with Crippen molar-refractivity contribution in [2.24, 2.45) is 0 Å². The van der Waals surface area contributed by atoms with E-state index in [0.29, 0.717) is 25.9 Å². The van der Waals surface area contributed by atoms with Gasteiger partial charge in [-0.25, -0.2) is 0 Å². The number of esters is 1. The summed E-state index contributed by atoms with van der Waals surface area (Å²) >= 11 is 0. The summed E-state index contributed by atoms with van der Waals surface area (Å²) in [7, 11) is 0. The number of unbranched alkanes of at least 4 members (excludes halogenated alkanes) is 66. The lowest BCUT2D eigenvalue weighted by Gasteiger charge is -2.22. The van der Waals surface area contributed by atoms with Crippen LogP contribution in [0, 0.1) is 0 Å². The maximum atomic E-state index is 12.6. The van der Waals surface area contributed by atoms with Crippen LogP contribution in [0.15, 0.2) is 0 Å². The van der Waals surface area contributed by atoms with Crippen LogP contribution in [-0.2, 0) is 14.3 Å². The second kappa shape index (κ2) is 76.3. The number of aliphatic hydroxyl groups excluding tert-OH is 2. The number of ether oxygens (including phenoxy) is 1. The van der Waals surface area contributed by atoms with Crippen molar-refractivity contribution in [2.45, 2.75) is 488 Å². The number of hydrogen-bond donors (Lipinski definition) is 3. The number of aliphatic hydroxyl groups is 2. The van der Waals surface area contributed by atoms with Crippen molar-refractivity contribution in [1.29, 1.82) is 0 Å². The van der Waals surface area contributed by atoms with E-state index in [1.807, 2.05) is 0 Å². The summed E-state index contributed by atoms with van der Waals surface area (Å²) in [5, 5.41) is 23.5. The van der Waals surface area contributed by atoms with Gasteiger partial charge in [-0.15, -0.1) is 0 Å². The van der Waals surface area contributed by atoms with Gasteiger partial charge in [0.25, 0.3) is 0 Å². The molecule has 0 heterocycles. The average Bonchev–Trinajstić information content (AvgIpc) is 3.54. The minimum atomic E-state index is -0.664. The standard InChI is InChI=1S/C80H159NO5/c1-3-5-7-9-11-13-15-17-19-21-23-24-25-28-31-34-37-40-44-48-52-56-60-64-68-72-78(83)77(76-82)81-79(84)73-69-65-61-57-53-49-45-41-38-35-32-29-26-27-30-33-36-39-43-47-51-55-59-63-67-71-75-86-80(85)74-70-66-62-58-54-50-46-42-22-20-18-16-14-12-10-8-6-4-2/h77-78,82-83H,3-76H2,1-2H3,(H,81,84). The molecule has 3 N–H and O–H groups in total. The van der Waals surface area contributed by atoms with Crippen molar-refractivity contribution >= 4 is 11.9 Å². The van der Waals surface area contributed by atoms with Gasteiger partial charge in [-0.3, -0.25) is 9.59 Å². The summed E-state index contributed by atoms with van der Waals surface area (Å²) in [6.07, 6.45) is 94.8. The fourth-order valence-corrected chi connectivity index (χ4v) is 13.3. The number of amides is 1. The van der Waals surface area contributed by atoms with E-state index < -0.39 is 12.1 Å². The van der Waals surface area contributed by atoms with Crippen LogP contribution in [0.1, 0.15) is 476 Å². The van der Waals surface area contributed by atoms with E-state index in [2.05, 4.69) is 19.2 Å². The summed E-state index contributed by atoms with van der Waals surface area (Å²) in [4.78, 5) is 24.7. The highest BCUT2D eigenvalue weighted by atomic mass is 16.5. The highest BCUT2D eigenvalue weighted by Gasteiger charge is 2.20. The highest BCUT2D eigenvalue weighted by molar-refractivity contribution is 5.76. The van der Waals surface area contributed by atoms with Crippen molar-refractivity contribution in [3.05, 3.63) is 0 Å². The van der Waals surface area contributed by atoms with Gasteiger partial charge in [0, 0.05) is 12.8 Å². The van der Waals surface area contributed by atoms with Crippen LogP contribution in [0.5, 0.6) is 0 Å². The Morgan fingerprint density at radius 1 is 0.279 bits per heavy atom. The lowest BCUT2D eigenvalue weighted by molar-refractivity contribution is -0.143. The zero-order chi connectivity index (χ0) is 62.0. The van der Waals surface area contributed by atoms with Crippen LogP contribution in [0.3, 0.4) is 0 Å². The molecule has 0 aromatic heterocycles. The van der Waals surface area contributed by atoms with Crippen LogP contribution >= 0.6 is 0 Å². The number of rotatable bonds is 77. The van der Waals surface area contributed by atoms with E-state index in [1.54, 1.807) is 0 Å². The van der Waals surface area contributed by atoms with Gasteiger partial charge >= 0.3 is 5.97 Å². The molecule has 2 atom stereocenters. The average molecular weight is 1220 g/mol. The van der Waals surface area contributed by atoms with E-state index in [-0.39, 0.29) is 18.5 Å². The highest BCUT2D eigenvalue weighted by Crippen LogP contribution is 2.21. The predicted octanol–water partition coefficient (Wildman–Crippen LogP) is 26.5. The van der Waals surface area contributed by atoms with Gasteiger partial charge in [-0.2, -0.15) is 0 Å². The van der Waals surface area contributed by atoms with E-state index >= 15 is 0 Å². The first kappa shape index (κ1) is 84.9. The molecule has 0 aliphatic heterocycles. The molecule has 0 aromatic rings. The zero-order valence-electron chi connectivity index (χ0n) is 59.1. The summed E-state index contributed by atoms with van der Waals surface area (Å²) < 4.78 is 5.52. The molecule has 2 unspecified atom stereocenters. The molecule has 0 fully saturated rings. The fourth-order valence-electron chi connectivity index (χ4n) is 13.3. The Hall–Kier alpha value is -1.14. The molecule has 514 valence electrons. The van der Waals surface area contributed by atoms with Crippen molar-refractivity contribution < 1.29 is 24.5 Å². The monoisotopic (exact) mass is 1210 g/mol. The molecular weight excluding hydrogens is 1050 g/mol. The fraction of sp³-hybridized carbons (Fsp3) is 0.975. The number of carbonyl (C=O) groups excluding carboxylic acids is 2. The van der Waals surface area contributed by atoms with Gasteiger partial charge in [0.2, 0.25) is 5.91 Å². The van der Waals surface area contributed by atoms with Crippen LogP contribution in [0.2, 0.25) is 0 Å². The Bertz CT molecular complexity index is 1260. The first-order valence-corrected chi connectivity index (χ1v) is 40.3. The smallest absolute Gasteiger partial charge is 0.305 e. The molecule has 0 spiro atoms. The van der Waals surface area contributed by atoms with Crippen LogP contribution in [0.25, 0.3) is 0 Å². The van der Waals surface area contributed by atoms with Gasteiger partial charge in [0.05, 0.1) is 25.4 Å². The molecule has 0 aromatic carbocycles. The van der Waals surface area contributed by atoms with Crippen molar-refractivity contribution in [2.75, 3.05) is 13.2 Å². The maximum Gasteiger partial charge on any atom is 0.305 e. The van der Waals surface area contributed by atoms with E-state index in [4.69, 9.17) is 4.74 Å². The van der Waals surface area contributed by atoms with Gasteiger partial charge < -0.3 is 20.3 Å². The summed E-state index contributed by atoms with van der Waals surface area (Å²) in [6.45, 7) is 5.02. The third kappa shape index (κ3) is 71.9. The van der Waals surface area contributed by atoms with Crippen molar-refractivity contribution in [1.82, 2.24) is 5.32 Å². The molecule has 0 rings (SSSR count). The molecule has 0 aliphatic rings. The quantitative estimate of drug-likeness (QED) is 0.0417. The predicted molar refractivity (Wildman–Crippen MR) is 380 cm³/mol. The molecule has 0 aliphatic carbocycles. The second-order valence-corrected chi connectivity index (χ2v) is 28.1. The molecule has 86 heavy (non-hydrogen) atoms. The van der Waals surface area contributed by atoms with Gasteiger partial charge in [0.1, 0.15) is 0 Å². The zero-order valence-corrected chi connectivity index (χ0v) is 59.1. The van der Waals surface area contributed by atoms with Crippen molar-refractivity contribution in [3.63, 3.8) is 0 Å². The Balaban J connectivity index is 3.33. The van der Waals surface area contributed by atoms with Gasteiger partial charge in [0.15, 0.2) is 0 Å². The lowest BCUT2D eigenvalue weighted by atomic mass is 10.0. The Morgan fingerprint density at radius 2 is 0.477 bits per heavy atom. The van der Waals surface area contributed by atoms with Crippen LogP contribution in [-0.4, -0.2) is 47.4 Å². The normalized spacial score (nSPS) is 12.4. The lowest BCUT2D eigenvalue weighted by Crippen LogP contribution is -2.45. The molecule has 0 saturated carbocycles. The Morgan fingerprint density at radius 3 is 0.709 bits per heavy atom. The Kier molecular flexibility index (Phi) is 75.3. The van der Waals surface area contributed by atoms with Crippen LogP contribution in [0.4, 0.5) is 0 Å². The van der Waals surface area contributed by atoms with Gasteiger partial charge in [-0.1, -0.05) is 438 Å². The molecule has 0 radical (unpaired) electrons. The molecular formula is C80H159NO5. The first-order valence-electron chi connectivity index (χ1n) is 40.3. The first-order chi connectivity index (χ1) is 42.5. The third-order valence-corrected chi connectivity index (χ3v) is 19.4. The molecule has 6 heteroatoms. The van der Waals surface area contributed by atoms with E-state index in [1.165, 1.54) is 405 Å². The molecule has 6 nitrogen and oxygen atoms in total. The summed E-state index contributed by atoms with van der Waals surface area (Å²) in [6, 6.07) is -0.540. The Labute approximate surface area is 540 Å². The number of carbonyl (C=O) groups is 2. The molecule has 1 amide bonds. The SMILES string of the molecule is CCCCCCCCCCCCCCCCCCCCCCCCCCCC(O)C(CO)NC(=O)CCCCCCCCCCCCCCCCCCCCCCCCCCCCOC(=O)CCCCCCCCCCCCCCCCCCCC. The van der Waals surface area contributed by atoms with Crippen LogP contribution < -0.4 is 5.32 Å².